The molecule has 0 aromatic heterocycles. The smallest absolute Gasteiger partial charge is 0.258 e. The van der Waals surface area contributed by atoms with Crippen molar-refractivity contribution >= 4 is 5.91 Å². The van der Waals surface area contributed by atoms with Crippen molar-refractivity contribution in [2.24, 2.45) is 0 Å². The van der Waals surface area contributed by atoms with Crippen LogP contribution >= 0.6 is 0 Å². The number of ether oxygens (including phenoxy) is 5. The van der Waals surface area contributed by atoms with Crippen LogP contribution in [0, 0.1) is 0 Å². The lowest BCUT2D eigenvalue weighted by atomic mass is 9.91. The Balaban J connectivity index is 1.72. The quantitative estimate of drug-likeness (QED) is 0.374. The molecular weight excluding hydrogens is 470 g/mol. The molecule has 0 saturated carbocycles. The highest BCUT2D eigenvalue weighted by Crippen LogP contribution is 2.40. The van der Waals surface area contributed by atoms with Crippen molar-refractivity contribution in [3.8, 4) is 28.7 Å². The van der Waals surface area contributed by atoms with E-state index in [0.717, 1.165) is 16.9 Å². The first kappa shape index (κ1) is 26.2. The summed E-state index contributed by atoms with van der Waals surface area (Å²) in [5.74, 6) is 3.24. The lowest BCUT2D eigenvalue weighted by Crippen LogP contribution is -2.42. The van der Waals surface area contributed by atoms with Gasteiger partial charge in [0.15, 0.2) is 23.0 Å². The lowest BCUT2D eigenvalue weighted by Gasteiger charge is -2.38. The molecule has 1 heterocycles. The number of methoxy groups -OCH3 is 4. The first-order valence-electron chi connectivity index (χ1n) is 12.4. The average molecular weight is 506 g/mol. The number of fused-ring (bicyclic) bond motifs is 1. The molecule has 37 heavy (non-hydrogen) atoms. The monoisotopic (exact) mass is 505 g/mol. The number of para-hydroxylation sites is 1. The minimum absolute atomic E-state index is 0.153. The third-order valence-corrected chi connectivity index (χ3v) is 6.85. The summed E-state index contributed by atoms with van der Waals surface area (Å²) in [6.45, 7) is 5.11. The van der Waals surface area contributed by atoms with Gasteiger partial charge < -0.3 is 28.6 Å². The summed E-state index contributed by atoms with van der Waals surface area (Å²) >= 11 is 0. The van der Waals surface area contributed by atoms with E-state index in [4.69, 9.17) is 23.7 Å². The van der Waals surface area contributed by atoms with Crippen molar-refractivity contribution in [2.75, 3.05) is 41.6 Å². The number of hydrogen-bond donors (Lipinski definition) is 0. The third-order valence-electron chi connectivity index (χ3n) is 6.85. The number of carbonyl (C=O) groups is 1. The van der Waals surface area contributed by atoms with Crippen LogP contribution < -0.4 is 23.7 Å². The van der Waals surface area contributed by atoms with Gasteiger partial charge in [-0.15, -0.1) is 0 Å². The van der Waals surface area contributed by atoms with Gasteiger partial charge in [0.2, 0.25) is 0 Å². The van der Waals surface area contributed by atoms with Gasteiger partial charge in [-0.3, -0.25) is 4.79 Å². The van der Waals surface area contributed by atoms with E-state index in [1.165, 1.54) is 5.56 Å². The number of hydrogen-bond acceptors (Lipinski definition) is 6. The predicted molar refractivity (Wildman–Crippen MR) is 143 cm³/mol. The topological polar surface area (TPSA) is 66.5 Å². The molecule has 196 valence electrons. The number of benzene rings is 3. The van der Waals surface area contributed by atoms with Crippen molar-refractivity contribution in [1.82, 2.24) is 4.90 Å². The van der Waals surface area contributed by atoms with Crippen molar-refractivity contribution in [2.45, 2.75) is 32.2 Å². The van der Waals surface area contributed by atoms with Crippen LogP contribution in [-0.2, 0) is 6.42 Å². The van der Waals surface area contributed by atoms with Crippen LogP contribution in [0.5, 0.6) is 28.7 Å². The van der Waals surface area contributed by atoms with Crippen LogP contribution in [0.1, 0.15) is 52.9 Å². The van der Waals surface area contributed by atoms with Crippen molar-refractivity contribution < 1.29 is 28.5 Å². The molecule has 1 aliphatic rings. The van der Waals surface area contributed by atoms with Crippen LogP contribution in [0.3, 0.4) is 0 Å². The van der Waals surface area contributed by atoms with Gasteiger partial charge >= 0.3 is 0 Å². The molecule has 0 saturated heterocycles. The van der Waals surface area contributed by atoms with Gasteiger partial charge in [-0.1, -0.05) is 32.0 Å². The third kappa shape index (κ3) is 5.31. The summed E-state index contributed by atoms with van der Waals surface area (Å²) in [7, 11) is 6.33. The van der Waals surface area contributed by atoms with Crippen LogP contribution in [0.4, 0.5) is 0 Å². The molecule has 0 unspecified atom stereocenters. The molecule has 0 bridgehead atoms. The summed E-state index contributed by atoms with van der Waals surface area (Å²) in [6, 6.07) is 17.0. The number of rotatable bonds is 9. The highest BCUT2D eigenvalue weighted by atomic mass is 16.5. The molecule has 1 aliphatic heterocycles. The zero-order valence-corrected chi connectivity index (χ0v) is 22.4. The second-order valence-electron chi connectivity index (χ2n) is 9.25. The van der Waals surface area contributed by atoms with Gasteiger partial charge in [-0.05, 0) is 65.4 Å². The maximum absolute atomic E-state index is 14.0. The normalized spacial score (nSPS) is 14.7. The van der Waals surface area contributed by atoms with Crippen LogP contribution in [0.15, 0.2) is 54.6 Å². The van der Waals surface area contributed by atoms with Crippen LogP contribution in [0.25, 0.3) is 0 Å². The molecule has 7 heteroatoms. The van der Waals surface area contributed by atoms with Crippen molar-refractivity contribution in [3.05, 3.63) is 76.9 Å². The number of amides is 1. The zero-order chi connectivity index (χ0) is 26.5. The van der Waals surface area contributed by atoms with E-state index < -0.39 is 0 Å². The summed E-state index contributed by atoms with van der Waals surface area (Å²) in [6.07, 6.45) is 0.674. The Bertz CT molecular complexity index is 1240. The van der Waals surface area contributed by atoms with Gasteiger partial charge in [-0.2, -0.15) is 0 Å². The van der Waals surface area contributed by atoms with Crippen LogP contribution in [-0.4, -0.2) is 52.4 Å². The first-order valence-corrected chi connectivity index (χ1v) is 12.4. The molecule has 1 atom stereocenters. The molecule has 4 rings (SSSR count). The van der Waals surface area contributed by atoms with E-state index in [-0.39, 0.29) is 18.6 Å². The molecule has 7 nitrogen and oxygen atoms in total. The Hall–Kier alpha value is -3.87. The molecule has 0 aliphatic carbocycles. The van der Waals surface area contributed by atoms with E-state index in [2.05, 4.69) is 26.0 Å². The zero-order valence-electron chi connectivity index (χ0n) is 22.4. The maximum Gasteiger partial charge on any atom is 0.258 e. The molecule has 1 amide bonds. The van der Waals surface area contributed by atoms with Crippen molar-refractivity contribution in [1.29, 1.82) is 0 Å². The Morgan fingerprint density at radius 3 is 2.19 bits per heavy atom. The van der Waals surface area contributed by atoms with Gasteiger partial charge in [0.1, 0.15) is 12.4 Å². The fourth-order valence-corrected chi connectivity index (χ4v) is 4.79. The minimum atomic E-state index is -0.350. The lowest BCUT2D eigenvalue weighted by molar-refractivity contribution is 0.0585. The first-order chi connectivity index (χ1) is 17.9. The standard InChI is InChI=1S/C30H35NO6/c1-19(2)20-10-12-22(13-11-20)37-18-25-24-17-28(35-5)27(34-4)16-21(24)14-15-31(25)30(32)23-8-7-9-26(33-3)29(23)36-6/h7-13,16-17,19,25H,14-15,18H2,1-6H3/t25-/m0/s1. The van der Waals surface area contributed by atoms with Crippen molar-refractivity contribution in [3.63, 3.8) is 0 Å². The predicted octanol–water partition coefficient (Wildman–Crippen LogP) is 5.66. The van der Waals surface area contributed by atoms with Gasteiger partial charge in [-0.25, -0.2) is 0 Å². The van der Waals surface area contributed by atoms with Gasteiger partial charge in [0.05, 0.1) is 40.0 Å². The second kappa shape index (κ2) is 11.5. The molecule has 0 fully saturated rings. The Labute approximate surface area is 218 Å². The SMILES string of the molecule is COc1cc2c(cc1OC)[C@H](COc1ccc(C(C)C)cc1)N(C(=O)c1cccc(OC)c1OC)CC2. The molecule has 0 radical (unpaired) electrons. The molecule has 0 N–H and O–H groups in total. The summed E-state index contributed by atoms with van der Waals surface area (Å²) < 4.78 is 28.4. The van der Waals surface area contributed by atoms with Gasteiger partial charge in [0, 0.05) is 6.54 Å². The van der Waals surface area contributed by atoms with Crippen LogP contribution in [0.2, 0.25) is 0 Å². The Kier molecular flexibility index (Phi) is 8.11. The Morgan fingerprint density at radius 1 is 0.892 bits per heavy atom. The van der Waals surface area contributed by atoms with E-state index >= 15 is 0 Å². The average Bonchev–Trinajstić information content (AvgIpc) is 2.94. The highest BCUT2D eigenvalue weighted by molar-refractivity contribution is 5.98. The molecule has 3 aromatic carbocycles. The van der Waals surface area contributed by atoms with E-state index in [9.17, 15) is 4.79 Å². The number of carbonyl (C=O) groups excluding carboxylic acids is 1. The van der Waals surface area contributed by atoms with E-state index in [1.807, 2.05) is 29.2 Å². The number of nitrogens with zero attached hydrogens (tertiary/aromatic N) is 1. The molecule has 0 spiro atoms. The summed E-state index contributed by atoms with van der Waals surface area (Å²) in [4.78, 5) is 15.8. The fraction of sp³-hybridized carbons (Fsp3) is 0.367. The minimum Gasteiger partial charge on any atom is -0.493 e. The largest absolute Gasteiger partial charge is 0.493 e. The Morgan fingerprint density at radius 2 is 1.57 bits per heavy atom. The second-order valence-corrected chi connectivity index (χ2v) is 9.25. The van der Waals surface area contributed by atoms with E-state index in [0.29, 0.717) is 47.4 Å². The summed E-state index contributed by atoms with van der Waals surface area (Å²) in [5.41, 5.74) is 3.76. The highest BCUT2D eigenvalue weighted by Gasteiger charge is 2.35. The fourth-order valence-electron chi connectivity index (χ4n) is 4.79. The van der Waals surface area contributed by atoms with Gasteiger partial charge in [0.25, 0.3) is 5.91 Å². The molecular formula is C30H35NO6. The maximum atomic E-state index is 14.0. The molecule has 3 aromatic rings. The van der Waals surface area contributed by atoms with E-state index in [1.54, 1.807) is 46.6 Å². The summed E-state index contributed by atoms with van der Waals surface area (Å²) in [5, 5.41) is 0.